The Morgan fingerprint density at radius 2 is 2.15 bits per heavy atom. The molecule has 1 atom stereocenters. The van der Waals surface area contributed by atoms with Crippen molar-refractivity contribution in [1.82, 2.24) is 15.1 Å². The molecule has 1 N–H and O–H groups in total. The molecule has 0 aliphatic carbocycles. The van der Waals surface area contributed by atoms with Crippen LogP contribution in [0.15, 0.2) is 0 Å². The maximum atomic E-state index is 11.4. The number of imide groups is 1. The Hall–Kier alpha value is -1.10. The highest BCUT2D eigenvalue weighted by atomic mass is 16.2. The number of rotatable bonds is 3. The minimum Gasteiger partial charge on any atom is -0.318 e. The second kappa shape index (κ2) is 3.74. The summed E-state index contributed by atoms with van der Waals surface area (Å²) in [6, 6.07) is -0.0634. The standard InChI is InChI=1S/C8H15N3O2/c1-6(9-2)4-11-7(12)5-10(3)8(11)13/h6,9H,4-5H2,1-3H3. The zero-order valence-electron chi connectivity index (χ0n) is 8.20. The van der Waals surface area contributed by atoms with E-state index in [0.29, 0.717) is 6.54 Å². The molecule has 0 bridgehead atoms. The molecule has 1 unspecified atom stereocenters. The number of carbonyl (C=O) groups excluding carboxylic acids is 2. The molecule has 1 heterocycles. The van der Waals surface area contributed by atoms with Crippen LogP contribution in [0.3, 0.4) is 0 Å². The molecule has 1 saturated heterocycles. The molecule has 0 saturated carbocycles. The van der Waals surface area contributed by atoms with Gasteiger partial charge in [0.15, 0.2) is 0 Å². The third-order valence-electron chi connectivity index (χ3n) is 2.18. The molecule has 5 heteroatoms. The number of urea groups is 1. The van der Waals surface area contributed by atoms with Crippen LogP contribution in [-0.2, 0) is 4.79 Å². The molecule has 13 heavy (non-hydrogen) atoms. The fraction of sp³-hybridized carbons (Fsp3) is 0.750. The highest BCUT2D eigenvalue weighted by molar-refractivity contribution is 6.01. The van der Waals surface area contributed by atoms with Gasteiger partial charge in [-0.2, -0.15) is 0 Å². The monoisotopic (exact) mass is 185 g/mol. The summed E-state index contributed by atoms with van der Waals surface area (Å²) in [5.74, 6) is -0.116. The van der Waals surface area contributed by atoms with Crippen LogP contribution in [0.25, 0.3) is 0 Å². The lowest BCUT2D eigenvalue weighted by Gasteiger charge is -2.18. The molecule has 74 valence electrons. The van der Waals surface area contributed by atoms with Crippen LogP contribution in [-0.4, -0.2) is 55.0 Å². The molecule has 0 aromatic heterocycles. The maximum absolute atomic E-state index is 11.4. The van der Waals surface area contributed by atoms with Crippen molar-refractivity contribution in [3.8, 4) is 0 Å². The van der Waals surface area contributed by atoms with E-state index < -0.39 is 0 Å². The Morgan fingerprint density at radius 1 is 1.54 bits per heavy atom. The number of hydrogen-bond donors (Lipinski definition) is 1. The topological polar surface area (TPSA) is 52.7 Å². The first kappa shape index (κ1) is 9.98. The molecule has 1 fully saturated rings. The molecular formula is C8H15N3O2. The predicted molar refractivity (Wildman–Crippen MR) is 48.3 cm³/mol. The number of nitrogens with one attached hydrogen (secondary N) is 1. The molecular weight excluding hydrogens is 170 g/mol. The van der Waals surface area contributed by atoms with E-state index in [-0.39, 0.29) is 24.5 Å². The summed E-state index contributed by atoms with van der Waals surface area (Å²) in [5.41, 5.74) is 0. The predicted octanol–water partition coefficient (Wildman–Crippen LogP) is -0.512. The van der Waals surface area contributed by atoms with Gasteiger partial charge in [0.05, 0.1) is 0 Å². The van der Waals surface area contributed by atoms with Gasteiger partial charge < -0.3 is 10.2 Å². The molecule has 3 amide bonds. The van der Waals surface area contributed by atoms with Crippen molar-refractivity contribution in [3.63, 3.8) is 0 Å². The minimum absolute atomic E-state index is 0.116. The second-order valence-corrected chi connectivity index (χ2v) is 3.33. The Kier molecular flexibility index (Phi) is 2.87. The van der Waals surface area contributed by atoms with Gasteiger partial charge >= 0.3 is 6.03 Å². The lowest BCUT2D eigenvalue weighted by molar-refractivity contribution is -0.125. The van der Waals surface area contributed by atoms with Gasteiger partial charge in [-0.1, -0.05) is 0 Å². The Morgan fingerprint density at radius 3 is 2.54 bits per heavy atom. The quantitative estimate of drug-likeness (QED) is 0.602. The third-order valence-corrected chi connectivity index (χ3v) is 2.18. The van der Waals surface area contributed by atoms with Crippen LogP contribution in [0.4, 0.5) is 4.79 Å². The number of nitrogens with zero attached hydrogens (tertiary/aromatic N) is 2. The third kappa shape index (κ3) is 1.98. The SMILES string of the molecule is CNC(C)CN1C(=O)CN(C)C1=O. The molecule has 1 aliphatic rings. The van der Waals surface area contributed by atoms with Crippen LogP contribution in [0.2, 0.25) is 0 Å². The molecule has 5 nitrogen and oxygen atoms in total. The smallest absolute Gasteiger partial charge is 0.318 e. The first-order valence-electron chi connectivity index (χ1n) is 4.29. The van der Waals surface area contributed by atoms with Crippen LogP contribution in [0.1, 0.15) is 6.92 Å². The van der Waals surface area contributed by atoms with Crippen molar-refractivity contribution >= 4 is 11.9 Å². The average Bonchev–Trinajstić information content (AvgIpc) is 2.32. The van der Waals surface area contributed by atoms with Crippen molar-refractivity contribution in [3.05, 3.63) is 0 Å². The number of hydrogen-bond acceptors (Lipinski definition) is 3. The van der Waals surface area contributed by atoms with Crippen LogP contribution in [0, 0.1) is 0 Å². The van der Waals surface area contributed by atoms with Gasteiger partial charge in [-0.3, -0.25) is 9.69 Å². The second-order valence-electron chi connectivity index (χ2n) is 3.33. The zero-order valence-corrected chi connectivity index (χ0v) is 8.20. The highest BCUT2D eigenvalue weighted by Gasteiger charge is 2.33. The van der Waals surface area contributed by atoms with E-state index in [9.17, 15) is 9.59 Å². The Balaban J connectivity index is 2.59. The van der Waals surface area contributed by atoms with E-state index >= 15 is 0 Å². The first-order valence-corrected chi connectivity index (χ1v) is 4.29. The van der Waals surface area contributed by atoms with Gasteiger partial charge in [0.2, 0.25) is 5.91 Å². The number of likely N-dealkylation sites (N-methyl/N-ethyl adjacent to an activating group) is 2. The lowest BCUT2D eigenvalue weighted by Crippen LogP contribution is -2.41. The van der Waals surface area contributed by atoms with E-state index in [2.05, 4.69) is 5.32 Å². The van der Waals surface area contributed by atoms with Crippen LogP contribution >= 0.6 is 0 Å². The summed E-state index contributed by atoms with van der Waals surface area (Å²) >= 11 is 0. The van der Waals surface area contributed by atoms with Gasteiger partial charge in [0.25, 0.3) is 0 Å². The fourth-order valence-corrected chi connectivity index (χ4v) is 1.21. The summed E-state index contributed by atoms with van der Waals surface area (Å²) in [6.45, 7) is 2.58. The van der Waals surface area contributed by atoms with Gasteiger partial charge in [-0.25, -0.2) is 4.79 Å². The molecule has 0 aromatic rings. The van der Waals surface area contributed by atoms with Gasteiger partial charge in [0, 0.05) is 19.6 Å². The largest absolute Gasteiger partial charge is 0.327 e. The van der Waals surface area contributed by atoms with Crippen molar-refractivity contribution < 1.29 is 9.59 Å². The molecule has 0 spiro atoms. The van der Waals surface area contributed by atoms with Crippen molar-refractivity contribution in [1.29, 1.82) is 0 Å². The van der Waals surface area contributed by atoms with E-state index in [1.54, 1.807) is 14.1 Å². The lowest BCUT2D eigenvalue weighted by atomic mass is 10.3. The van der Waals surface area contributed by atoms with Gasteiger partial charge in [-0.15, -0.1) is 0 Å². The van der Waals surface area contributed by atoms with Crippen molar-refractivity contribution in [2.75, 3.05) is 27.2 Å². The molecule has 0 aromatic carbocycles. The molecule has 0 radical (unpaired) electrons. The molecule has 1 rings (SSSR count). The van der Waals surface area contributed by atoms with Crippen LogP contribution in [0.5, 0.6) is 0 Å². The van der Waals surface area contributed by atoms with Crippen LogP contribution < -0.4 is 5.32 Å². The van der Waals surface area contributed by atoms with E-state index in [1.807, 2.05) is 6.92 Å². The maximum Gasteiger partial charge on any atom is 0.327 e. The highest BCUT2D eigenvalue weighted by Crippen LogP contribution is 2.07. The number of amides is 3. The minimum atomic E-state index is -0.202. The van der Waals surface area contributed by atoms with E-state index in [1.165, 1.54) is 9.80 Å². The summed E-state index contributed by atoms with van der Waals surface area (Å²) in [7, 11) is 3.43. The first-order chi connectivity index (χ1) is 6.06. The van der Waals surface area contributed by atoms with E-state index in [0.717, 1.165) is 0 Å². The summed E-state index contributed by atoms with van der Waals surface area (Å²) in [6.07, 6.45) is 0. The Bertz CT molecular complexity index is 229. The molecule has 1 aliphatic heterocycles. The normalized spacial score (nSPS) is 19.9. The summed E-state index contributed by atoms with van der Waals surface area (Å²) in [4.78, 5) is 25.4. The summed E-state index contributed by atoms with van der Waals surface area (Å²) < 4.78 is 0. The Labute approximate surface area is 77.7 Å². The van der Waals surface area contributed by atoms with E-state index in [4.69, 9.17) is 0 Å². The van der Waals surface area contributed by atoms with Crippen molar-refractivity contribution in [2.45, 2.75) is 13.0 Å². The number of carbonyl (C=O) groups is 2. The van der Waals surface area contributed by atoms with Gasteiger partial charge in [0.1, 0.15) is 6.54 Å². The van der Waals surface area contributed by atoms with Gasteiger partial charge in [-0.05, 0) is 14.0 Å². The van der Waals surface area contributed by atoms with Crippen molar-refractivity contribution in [2.24, 2.45) is 0 Å². The zero-order chi connectivity index (χ0) is 10.0. The average molecular weight is 185 g/mol. The summed E-state index contributed by atoms with van der Waals surface area (Å²) in [5, 5.41) is 2.98. The fourth-order valence-electron chi connectivity index (χ4n) is 1.21.